The maximum Gasteiger partial charge on any atom is 0.328 e. The zero-order valence-corrected chi connectivity index (χ0v) is 67.8. The van der Waals surface area contributed by atoms with Gasteiger partial charge < -0.3 is 26.0 Å². The number of hydrogen-bond acceptors (Lipinski definition) is 10. The first-order valence-corrected chi connectivity index (χ1v) is 41.0. The Balaban J connectivity index is 0.000000505. The molecule has 0 unspecified atom stereocenters. The topological polar surface area (TPSA) is 240 Å². The van der Waals surface area contributed by atoms with E-state index in [-0.39, 0.29) is 43.0 Å². The van der Waals surface area contributed by atoms with Crippen LogP contribution < -0.4 is 5.73 Å². The summed E-state index contributed by atoms with van der Waals surface area (Å²) in [7, 11) is 0. The summed E-state index contributed by atoms with van der Waals surface area (Å²) in [5.74, 6) is -3.14. The zero-order chi connectivity index (χ0) is 82.0. The third kappa shape index (κ3) is 40.4. The molecule has 10 aromatic rings. The largest absolute Gasteiger partial charge is 0.478 e. The fourth-order valence-corrected chi connectivity index (χ4v) is 12.6. The van der Waals surface area contributed by atoms with E-state index in [1.807, 2.05) is 163 Å². The molecule has 1 saturated heterocycles. The third-order valence-corrected chi connectivity index (χ3v) is 19.3. The zero-order valence-electron chi connectivity index (χ0n) is 67.8. The number of carboxylic acids is 3. The molecule has 0 spiro atoms. The minimum atomic E-state index is -0.942. The SMILES string of the molecule is C.C.C.C.C.CCCCCCCc1ccc(-c2ccc(/C=C/C(=O)O)cc2)nc1.CCCCCc1ccc(-c2ccc(/C=C/C(=O)N3CCCCC3)cc2)nc1.CCCCCc1ccc(-c2ccc(/C=C/C(=O)O)cc2)nc1.CCCCCc1ccc(-c2ccc(/C=C/C(N)=O)cc2)nc1.CCCc1ccc(-c2ccc(/C=C/C(=O)O)cc2)nc1. The predicted octanol–water partition coefficient (Wildman–Crippen LogP) is 26.4. The minimum absolute atomic E-state index is 0. The van der Waals surface area contributed by atoms with Gasteiger partial charge in [0, 0.05) is 102 Å². The van der Waals surface area contributed by atoms with Crippen molar-refractivity contribution in [1.82, 2.24) is 29.8 Å². The number of benzene rings is 5. The first kappa shape index (κ1) is 104. The van der Waals surface area contributed by atoms with Crippen LogP contribution in [-0.4, -0.2) is 88.0 Å². The number of unbranched alkanes of at least 4 members (excludes halogenated alkanes) is 10. The molecular formula is C105H135N7O8. The van der Waals surface area contributed by atoms with Crippen molar-refractivity contribution in [3.63, 3.8) is 0 Å². The number of likely N-dealkylation sites (tertiary alicyclic amines) is 1. The Kier molecular flexibility index (Phi) is 52.3. The quantitative estimate of drug-likeness (QED) is 0.0214. The second kappa shape index (κ2) is 60.4. The van der Waals surface area contributed by atoms with E-state index in [1.165, 1.54) is 130 Å². The Morgan fingerprint density at radius 3 is 0.758 bits per heavy atom. The number of carboxylic acid groups (broad SMARTS) is 3. The lowest BCUT2D eigenvalue weighted by Gasteiger charge is -2.25. The molecule has 0 aliphatic carbocycles. The van der Waals surface area contributed by atoms with Crippen molar-refractivity contribution in [3.8, 4) is 56.3 Å². The summed E-state index contributed by atoms with van der Waals surface area (Å²) in [5, 5.41) is 25.8. The Morgan fingerprint density at radius 2 is 0.525 bits per heavy atom. The highest BCUT2D eigenvalue weighted by Gasteiger charge is 2.14. The molecule has 1 aliphatic heterocycles. The molecule has 5 aromatic carbocycles. The Morgan fingerprint density at radius 1 is 0.292 bits per heavy atom. The van der Waals surface area contributed by atoms with Crippen molar-refractivity contribution >= 4 is 60.1 Å². The van der Waals surface area contributed by atoms with Gasteiger partial charge in [-0.3, -0.25) is 34.5 Å². The standard InChI is InChI=1S/C24H30N2O.C21H25NO2.C19H22N2O.C19H21NO2.C17H17NO2.5CH4/c1-2-3-5-8-21-11-15-23(25-19-21)22-13-9-20(10-14-22)12-16-24(27)26-17-6-4-7-18-26;1-2-3-4-5-6-7-18-10-14-20(22-16-18)19-12-8-17(9-13-19)11-15-21(23)24;1-2-3-4-5-16-8-12-18(21-14-16)17-10-6-15(7-11-17)9-13-19(20)22;1-2-3-4-5-16-8-12-18(20-14-16)17-10-6-15(7-11-17)9-13-19(21)22;1-2-3-14-6-10-16(18-12-14)15-8-4-13(5-9-15)7-11-17(19)20;;;;;/h9-16,19H,2-8,17-18H2,1H3;8-16H,2-7H2,1H3,(H,23,24);6-14H,2-5H2,1H3,(H2,20,22);6-14H,2-5H2,1H3,(H,21,22);4-12H,2-3H2,1H3,(H,19,20);5*1H4/b16-12+;15-11+;2*13-9+;11-7+;;;;;. The number of pyridine rings is 5. The second-order valence-corrected chi connectivity index (χ2v) is 28.6. The molecule has 120 heavy (non-hydrogen) atoms. The normalized spacial score (nSPS) is 11.3. The third-order valence-electron chi connectivity index (χ3n) is 19.3. The van der Waals surface area contributed by atoms with Crippen LogP contribution in [0.4, 0.5) is 0 Å². The number of carbonyl (C=O) groups is 5. The number of aliphatic carboxylic acids is 3. The number of hydrogen-bond donors (Lipinski definition) is 4. The molecule has 15 heteroatoms. The molecule has 5 aromatic heterocycles. The fourth-order valence-electron chi connectivity index (χ4n) is 12.6. The van der Waals surface area contributed by atoms with Gasteiger partial charge >= 0.3 is 17.9 Å². The van der Waals surface area contributed by atoms with E-state index in [4.69, 9.17) is 21.1 Å². The molecule has 5 N–H and O–H groups in total. The summed E-state index contributed by atoms with van der Waals surface area (Å²) >= 11 is 0. The molecular weight excluding hydrogens is 1490 g/mol. The van der Waals surface area contributed by atoms with Gasteiger partial charge in [0.05, 0.1) is 28.5 Å². The monoisotopic (exact) mass is 1620 g/mol. The van der Waals surface area contributed by atoms with Gasteiger partial charge in [-0.15, -0.1) is 0 Å². The van der Waals surface area contributed by atoms with Crippen LogP contribution in [0.3, 0.4) is 0 Å². The minimum Gasteiger partial charge on any atom is -0.478 e. The lowest BCUT2D eigenvalue weighted by atomic mass is 10.0. The summed E-state index contributed by atoms with van der Waals surface area (Å²) in [6, 6.07) is 60.3. The lowest BCUT2D eigenvalue weighted by Crippen LogP contribution is -2.34. The van der Waals surface area contributed by atoms with Gasteiger partial charge in [0.2, 0.25) is 11.8 Å². The van der Waals surface area contributed by atoms with Crippen molar-refractivity contribution in [2.45, 2.75) is 219 Å². The van der Waals surface area contributed by atoms with E-state index in [0.29, 0.717) is 0 Å². The average Bonchev–Trinajstić information content (AvgIpc) is 0.892. The highest BCUT2D eigenvalue weighted by atomic mass is 16.4. The number of aryl methyl sites for hydroxylation is 5. The van der Waals surface area contributed by atoms with Crippen LogP contribution in [-0.2, 0) is 56.1 Å². The molecule has 11 rings (SSSR count). The maximum atomic E-state index is 12.2. The predicted molar refractivity (Wildman–Crippen MR) is 506 cm³/mol. The first-order valence-electron chi connectivity index (χ1n) is 41.0. The number of carbonyl (C=O) groups excluding carboxylic acids is 2. The van der Waals surface area contributed by atoms with Crippen molar-refractivity contribution < 1.29 is 39.3 Å². The van der Waals surface area contributed by atoms with Crippen molar-refractivity contribution in [2.75, 3.05) is 13.1 Å². The number of primary amides is 1. The van der Waals surface area contributed by atoms with Gasteiger partial charge in [-0.05, 0) is 193 Å². The van der Waals surface area contributed by atoms with E-state index in [0.717, 1.165) is 167 Å². The van der Waals surface area contributed by atoms with Crippen LogP contribution in [0.1, 0.15) is 243 Å². The van der Waals surface area contributed by atoms with E-state index in [9.17, 15) is 24.0 Å². The highest BCUT2D eigenvalue weighted by molar-refractivity contribution is 5.92. The average molecular weight is 1620 g/mol. The number of aromatic nitrogens is 5. The lowest BCUT2D eigenvalue weighted by molar-refractivity contribution is -0.132. The summed E-state index contributed by atoms with van der Waals surface area (Å²) in [5.41, 5.74) is 26.1. The van der Waals surface area contributed by atoms with E-state index < -0.39 is 23.8 Å². The van der Waals surface area contributed by atoms with Gasteiger partial charge in [-0.2, -0.15) is 0 Å². The molecule has 1 aliphatic rings. The Hall–Kier alpha value is -12.1. The highest BCUT2D eigenvalue weighted by Crippen LogP contribution is 2.26. The second-order valence-electron chi connectivity index (χ2n) is 28.6. The number of rotatable bonds is 35. The number of amides is 2. The van der Waals surface area contributed by atoms with Crippen LogP contribution in [0.15, 0.2) is 243 Å². The smallest absolute Gasteiger partial charge is 0.328 e. The van der Waals surface area contributed by atoms with Gasteiger partial charge in [0.15, 0.2) is 0 Å². The summed E-state index contributed by atoms with van der Waals surface area (Å²) in [6.07, 6.45) is 52.3. The van der Waals surface area contributed by atoms with Crippen molar-refractivity contribution in [3.05, 3.63) is 299 Å². The first-order chi connectivity index (χ1) is 56.0. The molecule has 6 heterocycles. The van der Waals surface area contributed by atoms with Crippen molar-refractivity contribution in [2.24, 2.45) is 5.73 Å². The Bertz CT molecular complexity index is 4530. The van der Waals surface area contributed by atoms with E-state index in [2.05, 4.69) is 120 Å². The molecule has 0 atom stereocenters. The van der Waals surface area contributed by atoms with E-state index in [1.54, 1.807) is 30.4 Å². The maximum absolute atomic E-state index is 12.2. The van der Waals surface area contributed by atoms with Gasteiger partial charge in [-0.25, -0.2) is 14.4 Å². The van der Waals surface area contributed by atoms with Crippen molar-refractivity contribution in [1.29, 1.82) is 0 Å². The van der Waals surface area contributed by atoms with E-state index >= 15 is 0 Å². The van der Waals surface area contributed by atoms with Crippen LogP contribution in [0, 0.1) is 0 Å². The van der Waals surface area contributed by atoms with Crippen LogP contribution in [0.2, 0.25) is 0 Å². The van der Waals surface area contributed by atoms with Crippen LogP contribution in [0.25, 0.3) is 86.7 Å². The van der Waals surface area contributed by atoms with Crippen LogP contribution >= 0.6 is 0 Å². The van der Waals surface area contributed by atoms with Gasteiger partial charge in [0.25, 0.3) is 0 Å². The van der Waals surface area contributed by atoms with Gasteiger partial charge in [-0.1, -0.05) is 294 Å². The molecule has 0 radical (unpaired) electrons. The summed E-state index contributed by atoms with van der Waals surface area (Å²) < 4.78 is 0. The molecule has 2 amide bonds. The fraction of sp³-hybridized carbons (Fsp3) is 0.333. The Labute approximate surface area is 718 Å². The molecule has 638 valence electrons. The molecule has 15 nitrogen and oxygen atoms in total. The summed E-state index contributed by atoms with van der Waals surface area (Å²) in [6.45, 7) is 12.8. The number of nitrogens with two attached hydrogens (primary N) is 1. The number of piperidine rings is 1. The number of nitrogens with zero attached hydrogens (tertiary/aromatic N) is 6. The molecule has 0 saturated carbocycles. The van der Waals surface area contributed by atoms with Crippen LogP contribution in [0.5, 0.6) is 0 Å². The van der Waals surface area contributed by atoms with Gasteiger partial charge in [0.1, 0.15) is 0 Å². The summed E-state index contributed by atoms with van der Waals surface area (Å²) in [4.78, 5) is 79.0. The molecule has 0 bridgehead atoms. The molecule has 1 fully saturated rings.